The zero-order valence-corrected chi connectivity index (χ0v) is 17.2. The monoisotopic (exact) mass is 413 g/mol. The largest absolute Gasteiger partial charge is 0.340 e. The van der Waals surface area contributed by atoms with Crippen molar-refractivity contribution in [3.63, 3.8) is 0 Å². The van der Waals surface area contributed by atoms with Gasteiger partial charge in [0.15, 0.2) is 0 Å². The molecule has 2 aromatic rings. The summed E-state index contributed by atoms with van der Waals surface area (Å²) >= 11 is 0. The predicted molar refractivity (Wildman–Crippen MR) is 109 cm³/mol. The second-order valence-corrected chi connectivity index (χ2v) is 8.53. The Hall–Kier alpha value is -2.79. The summed E-state index contributed by atoms with van der Waals surface area (Å²) in [6.07, 6.45) is 0.916. The van der Waals surface area contributed by atoms with Gasteiger partial charge in [0.1, 0.15) is 5.69 Å². The van der Waals surface area contributed by atoms with E-state index in [-0.39, 0.29) is 24.3 Å². The third-order valence-corrected chi connectivity index (χ3v) is 5.72. The maximum atomic E-state index is 15.3. The Labute approximate surface area is 174 Å². The fourth-order valence-corrected chi connectivity index (χ4v) is 4.29. The van der Waals surface area contributed by atoms with Crippen LogP contribution in [0.1, 0.15) is 42.7 Å². The van der Waals surface area contributed by atoms with Gasteiger partial charge in [-0.2, -0.15) is 19.0 Å². The van der Waals surface area contributed by atoms with Crippen LogP contribution in [0.15, 0.2) is 29.1 Å². The number of hydrogen-bond donors (Lipinski definition) is 0. The van der Waals surface area contributed by atoms with Crippen molar-refractivity contribution < 1.29 is 8.78 Å². The molecule has 0 aliphatic carbocycles. The van der Waals surface area contributed by atoms with E-state index in [2.05, 4.69) is 24.9 Å². The molecule has 0 radical (unpaired) electrons. The average molecular weight is 413 g/mol. The lowest BCUT2D eigenvalue weighted by molar-refractivity contribution is -0.0621. The van der Waals surface area contributed by atoms with Crippen LogP contribution >= 0.6 is 0 Å². The molecule has 0 N–H and O–H groups in total. The molecule has 1 aromatic carbocycles. The van der Waals surface area contributed by atoms with E-state index in [1.54, 1.807) is 33.7 Å². The molecule has 6 nitrogen and oxygen atoms in total. The van der Waals surface area contributed by atoms with Crippen molar-refractivity contribution in [3.05, 3.63) is 57.0 Å². The molecular weight excluding hydrogens is 388 g/mol. The number of anilines is 1. The number of nitriles is 1. The molecule has 3 heterocycles. The van der Waals surface area contributed by atoms with Gasteiger partial charge < -0.3 is 9.47 Å². The molecule has 8 heteroatoms. The van der Waals surface area contributed by atoms with Gasteiger partial charge in [0.05, 0.1) is 23.7 Å². The molecule has 0 spiro atoms. The van der Waals surface area contributed by atoms with E-state index in [1.807, 2.05) is 4.90 Å². The molecule has 158 valence electrons. The minimum atomic E-state index is -3.15. The first-order chi connectivity index (χ1) is 14.3. The summed E-state index contributed by atoms with van der Waals surface area (Å²) in [7, 11) is 0. The Morgan fingerprint density at radius 3 is 2.83 bits per heavy atom. The van der Waals surface area contributed by atoms with E-state index in [4.69, 9.17) is 5.26 Å². The summed E-state index contributed by atoms with van der Waals surface area (Å²) in [5.74, 6) is -2.29. The van der Waals surface area contributed by atoms with Gasteiger partial charge >= 0.3 is 5.92 Å². The van der Waals surface area contributed by atoms with Crippen LogP contribution in [0.2, 0.25) is 0 Å². The molecule has 1 aromatic heterocycles. The van der Waals surface area contributed by atoms with Gasteiger partial charge in [-0.1, -0.05) is 26.0 Å². The lowest BCUT2D eigenvalue weighted by Crippen LogP contribution is -2.45. The van der Waals surface area contributed by atoms with Gasteiger partial charge in [0.25, 0.3) is 5.56 Å². The summed E-state index contributed by atoms with van der Waals surface area (Å²) in [4.78, 5) is 20.4. The lowest BCUT2D eigenvalue weighted by Gasteiger charge is -2.35. The minimum absolute atomic E-state index is 0.0807. The first-order valence-corrected chi connectivity index (χ1v) is 10.3. The molecule has 0 bridgehead atoms. The predicted octanol–water partition coefficient (Wildman–Crippen LogP) is 3.09. The van der Waals surface area contributed by atoms with Crippen molar-refractivity contribution in [1.82, 2.24) is 14.5 Å². The van der Waals surface area contributed by atoms with Crippen molar-refractivity contribution >= 4 is 5.95 Å². The number of hydrogen-bond acceptors (Lipinski definition) is 5. The zero-order chi connectivity index (χ0) is 21.5. The SMILES string of the molecule is CC(C)CCN1CCn2c1nc(=O)c1c2C(F)(F)CN(Cc2cccc(C#N)c2)C1. The summed E-state index contributed by atoms with van der Waals surface area (Å²) in [5.41, 5.74) is 0.590. The fraction of sp³-hybridized carbons (Fsp3) is 0.500. The van der Waals surface area contributed by atoms with Crippen molar-refractivity contribution in [2.45, 2.75) is 45.8 Å². The lowest BCUT2D eigenvalue weighted by atomic mass is 10.0. The number of rotatable bonds is 5. The highest BCUT2D eigenvalue weighted by Gasteiger charge is 2.46. The van der Waals surface area contributed by atoms with E-state index >= 15 is 8.78 Å². The summed E-state index contributed by atoms with van der Waals surface area (Å²) < 4.78 is 32.1. The highest BCUT2D eigenvalue weighted by atomic mass is 19.3. The van der Waals surface area contributed by atoms with Crippen molar-refractivity contribution in [3.8, 4) is 6.07 Å². The van der Waals surface area contributed by atoms with E-state index in [1.165, 1.54) is 0 Å². The van der Waals surface area contributed by atoms with E-state index < -0.39 is 18.0 Å². The summed E-state index contributed by atoms with van der Waals surface area (Å²) in [6.45, 7) is 5.84. The topological polar surface area (TPSA) is 65.2 Å². The highest BCUT2D eigenvalue weighted by Crippen LogP contribution is 2.38. The van der Waals surface area contributed by atoms with Crippen LogP contribution in [0.4, 0.5) is 14.7 Å². The molecule has 4 rings (SSSR count). The standard InChI is InChI=1S/C22H25F2N5O/c1-15(2)6-7-28-8-9-29-19-18(20(30)26-21(28)29)13-27(14-22(19,23)24)12-17-5-3-4-16(10-17)11-25/h3-5,10,15H,6-9,12-14H2,1-2H3. The molecule has 0 amide bonds. The summed E-state index contributed by atoms with van der Waals surface area (Å²) in [6, 6.07) is 8.96. The molecule has 2 aliphatic heterocycles. The second kappa shape index (κ2) is 7.80. The Morgan fingerprint density at radius 1 is 1.30 bits per heavy atom. The van der Waals surface area contributed by atoms with Gasteiger partial charge in [-0.3, -0.25) is 9.69 Å². The van der Waals surface area contributed by atoms with Crippen LogP contribution in [0.3, 0.4) is 0 Å². The number of alkyl halides is 2. The van der Waals surface area contributed by atoms with E-state index in [0.717, 1.165) is 12.0 Å². The van der Waals surface area contributed by atoms with Gasteiger partial charge in [-0.15, -0.1) is 0 Å². The van der Waals surface area contributed by atoms with Gasteiger partial charge in [-0.25, -0.2) is 0 Å². The molecule has 0 saturated heterocycles. The van der Waals surface area contributed by atoms with Crippen LogP contribution in [0.5, 0.6) is 0 Å². The van der Waals surface area contributed by atoms with Crippen LogP contribution in [-0.4, -0.2) is 34.1 Å². The molecule has 0 atom stereocenters. The van der Waals surface area contributed by atoms with Gasteiger partial charge in [0, 0.05) is 32.7 Å². The van der Waals surface area contributed by atoms with Crippen LogP contribution in [0, 0.1) is 17.2 Å². The van der Waals surface area contributed by atoms with Crippen molar-refractivity contribution in [1.29, 1.82) is 5.26 Å². The highest BCUT2D eigenvalue weighted by molar-refractivity contribution is 5.42. The molecule has 0 fully saturated rings. The minimum Gasteiger partial charge on any atom is -0.340 e. The molecule has 0 saturated carbocycles. The third kappa shape index (κ3) is 3.82. The maximum absolute atomic E-state index is 15.3. The van der Waals surface area contributed by atoms with Crippen molar-refractivity contribution in [2.75, 3.05) is 24.5 Å². The second-order valence-electron chi connectivity index (χ2n) is 8.53. The first kappa shape index (κ1) is 20.5. The van der Waals surface area contributed by atoms with Crippen molar-refractivity contribution in [2.24, 2.45) is 5.92 Å². The number of nitrogens with zero attached hydrogens (tertiary/aromatic N) is 5. The van der Waals surface area contributed by atoms with E-state index in [9.17, 15) is 4.79 Å². The number of aromatic nitrogens is 2. The Bertz CT molecular complexity index is 1060. The Kier molecular flexibility index (Phi) is 5.33. The normalized spacial score (nSPS) is 17.7. The molecular formula is C22H25F2N5O. The van der Waals surface area contributed by atoms with E-state index in [0.29, 0.717) is 37.1 Å². The molecule has 30 heavy (non-hydrogen) atoms. The van der Waals surface area contributed by atoms with Crippen LogP contribution in [0.25, 0.3) is 0 Å². The molecule has 2 aliphatic rings. The quantitative estimate of drug-likeness (QED) is 0.754. The zero-order valence-electron chi connectivity index (χ0n) is 17.2. The first-order valence-electron chi connectivity index (χ1n) is 10.3. The Balaban J connectivity index is 1.65. The smallest absolute Gasteiger partial charge is 0.300 e. The third-order valence-electron chi connectivity index (χ3n) is 5.72. The molecule has 0 unspecified atom stereocenters. The number of benzene rings is 1. The Morgan fingerprint density at radius 2 is 2.10 bits per heavy atom. The fourth-order valence-electron chi connectivity index (χ4n) is 4.29. The average Bonchev–Trinajstić information content (AvgIpc) is 3.08. The maximum Gasteiger partial charge on any atom is 0.300 e. The van der Waals surface area contributed by atoms with Gasteiger partial charge in [-0.05, 0) is 30.0 Å². The number of fused-ring (bicyclic) bond motifs is 3. The van der Waals surface area contributed by atoms with Gasteiger partial charge in [0.2, 0.25) is 5.95 Å². The number of halogens is 2. The van der Waals surface area contributed by atoms with Crippen LogP contribution in [-0.2, 0) is 25.6 Å². The summed E-state index contributed by atoms with van der Waals surface area (Å²) in [5, 5.41) is 9.06. The van der Waals surface area contributed by atoms with Crippen LogP contribution < -0.4 is 10.5 Å².